The summed E-state index contributed by atoms with van der Waals surface area (Å²) in [5, 5.41) is 10.4. The fourth-order valence-corrected chi connectivity index (χ4v) is 3.63. The normalized spacial score (nSPS) is 16.3. The van der Waals surface area contributed by atoms with Crippen molar-refractivity contribution in [2.24, 2.45) is 0 Å². The molecule has 5 nitrogen and oxygen atoms in total. The number of ether oxygens (including phenoxy) is 1. The van der Waals surface area contributed by atoms with Crippen molar-refractivity contribution in [3.8, 4) is 5.75 Å². The number of hydrogen-bond donors (Lipinski definition) is 1. The lowest BCUT2D eigenvalue weighted by molar-refractivity contribution is -0.117. The summed E-state index contributed by atoms with van der Waals surface area (Å²) in [4.78, 5) is 26.4. The number of benzene rings is 2. The molecule has 1 heterocycles. The Bertz CT molecular complexity index is 952. The fourth-order valence-electron chi connectivity index (χ4n) is 3.63. The van der Waals surface area contributed by atoms with Crippen molar-refractivity contribution < 1.29 is 23.8 Å². The maximum Gasteiger partial charge on any atom is 0.294 e. The SMILES string of the molecule is CCCCCCOc1cccc(N2C(=O)C(O)=C(C(C)=O)[C@@H]2c2ccc(F)cc2)c1. The van der Waals surface area contributed by atoms with E-state index in [9.17, 15) is 19.1 Å². The van der Waals surface area contributed by atoms with Gasteiger partial charge in [0.05, 0.1) is 18.2 Å². The molecule has 0 aromatic heterocycles. The maximum absolute atomic E-state index is 13.4. The largest absolute Gasteiger partial charge is 0.503 e. The van der Waals surface area contributed by atoms with Crippen molar-refractivity contribution in [3.63, 3.8) is 0 Å². The molecule has 0 saturated heterocycles. The van der Waals surface area contributed by atoms with E-state index >= 15 is 0 Å². The summed E-state index contributed by atoms with van der Waals surface area (Å²) in [7, 11) is 0. The number of amides is 1. The molecule has 3 rings (SSSR count). The van der Waals surface area contributed by atoms with Crippen LogP contribution in [0.25, 0.3) is 0 Å². The van der Waals surface area contributed by atoms with E-state index in [4.69, 9.17) is 4.74 Å². The predicted octanol–water partition coefficient (Wildman–Crippen LogP) is 5.27. The van der Waals surface area contributed by atoms with Crippen LogP contribution in [0.3, 0.4) is 0 Å². The molecule has 1 atom stereocenters. The number of Topliss-reactive ketones (excluding diaryl/α,β-unsaturated/α-hetero) is 1. The molecule has 30 heavy (non-hydrogen) atoms. The topological polar surface area (TPSA) is 66.8 Å². The zero-order valence-corrected chi connectivity index (χ0v) is 17.2. The highest BCUT2D eigenvalue weighted by Gasteiger charge is 2.43. The number of aliphatic hydroxyl groups excluding tert-OH is 1. The van der Waals surface area contributed by atoms with Gasteiger partial charge in [0.2, 0.25) is 0 Å². The van der Waals surface area contributed by atoms with Crippen LogP contribution in [0, 0.1) is 5.82 Å². The Morgan fingerprint density at radius 1 is 1.13 bits per heavy atom. The predicted molar refractivity (Wildman–Crippen MR) is 113 cm³/mol. The molecule has 0 unspecified atom stereocenters. The van der Waals surface area contributed by atoms with Gasteiger partial charge in [-0.2, -0.15) is 0 Å². The summed E-state index contributed by atoms with van der Waals surface area (Å²) in [5.74, 6) is -1.49. The third kappa shape index (κ3) is 4.53. The van der Waals surface area contributed by atoms with E-state index < -0.39 is 29.3 Å². The highest BCUT2D eigenvalue weighted by atomic mass is 19.1. The Balaban J connectivity index is 1.91. The lowest BCUT2D eigenvalue weighted by Crippen LogP contribution is -2.30. The number of ketones is 1. The smallest absolute Gasteiger partial charge is 0.294 e. The summed E-state index contributed by atoms with van der Waals surface area (Å²) in [6, 6.07) is 11.7. The van der Waals surface area contributed by atoms with E-state index in [0.29, 0.717) is 23.6 Å². The van der Waals surface area contributed by atoms with Gasteiger partial charge in [-0.3, -0.25) is 14.5 Å². The van der Waals surface area contributed by atoms with Crippen molar-refractivity contribution >= 4 is 17.4 Å². The van der Waals surface area contributed by atoms with Crippen LogP contribution in [-0.2, 0) is 9.59 Å². The standard InChI is InChI=1S/C24H26FNO4/c1-3-4-5-6-14-30-20-9-7-8-19(15-20)26-22(17-10-12-18(25)13-11-17)21(16(2)27)23(28)24(26)29/h7-13,15,22,28H,3-6,14H2,1-2H3/t22-/m0/s1. The van der Waals surface area contributed by atoms with Gasteiger partial charge in [0, 0.05) is 11.8 Å². The van der Waals surface area contributed by atoms with Gasteiger partial charge in [0.1, 0.15) is 11.6 Å². The molecule has 6 heteroatoms. The molecule has 158 valence electrons. The second-order valence-corrected chi connectivity index (χ2v) is 7.35. The molecule has 0 radical (unpaired) electrons. The van der Waals surface area contributed by atoms with Gasteiger partial charge in [-0.15, -0.1) is 0 Å². The second-order valence-electron chi connectivity index (χ2n) is 7.35. The molecule has 1 aliphatic heterocycles. The molecule has 1 amide bonds. The highest BCUT2D eigenvalue weighted by Crippen LogP contribution is 2.41. The Morgan fingerprint density at radius 3 is 2.53 bits per heavy atom. The van der Waals surface area contributed by atoms with Crippen LogP contribution in [0.4, 0.5) is 10.1 Å². The van der Waals surface area contributed by atoms with E-state index in [1.54, 1.807) is 24.3 Å². The minimum Gasteiger partial charge on any atom is -0.503 e. The third-order valence-electron chi connectivity index (χ3n) is 5.14. The zero-order chi connectivity index (χ0) is 21.7. The van der Waals surface area contributed by atoms with Crippen LogP contribution >= 0.6 is 0 Å². The second kappa shape index (κ2) is 9.57. The Kier molecular flexibility index (Phi) is 6.87. The monoisotopic (exact) mass is 411 g/mol. The first kappa shape index (κ1) is 21.6. The zero-order valence-electron chi connectivity index (χ0n) is 17.2. The molecule has 0 bridgehead atoms. The number of rotatable bonds is 9. The first-order valence-corrected chi connectivity index (χ1v) is 10.2. The van der Waals surface area contributed by atoms with E-state index in [1.165, 1.54) is 36.1 Å². The average molecular weight is 411 g/mol. The highest BCUT2D eigenvalue weighted by molar-refractivity contribution is 6.16. The van der Waals surface area contributed by atoms with Crippen molar-refractivity contribution in [1.29, 1.82) is 0 Å². The first-order chi connectivity index (χ1) is 14.4. The number of carbonyl (C=O) groups excluding carboxylic acids is 2. The molecule has 0 aliphatic carbocycles. The van der Waals surface area contributed by atoms with Crippen molar-refractivity contribution in [3.05, 3.63) is 71.2 Å². The molecule has 2 aromatic carbocycles. The lowest BCUT2D eigenvalue weighted by Gasteiger charge is -2.27. The molecule has 1 N–H and O–H groups in total. The van der Waals surface area contributed by atoms with E-state index in [-0.39, 0.29) is 5.57 Å². The summed E-state index contributed by atoms with van der Waals surface area (Å²) < 4.78 is 19.2. The van der Waals surface area contributed by atoms with Crippen LogP contribution in [0.2, 0.25) is 0 Å². The number of carbonyl (C=O) groups is 2. The molecular weight excluding hydrogens is 385 g/mol. The fraction of sp³-hybridized carbons (Fsp3) is 0.333. The third-order valence-corrected chi connectivity index (χ3v) is 5.14. The van der Waals surface area contributed by atoms with Crippen LogP contribution in [0.15, 0.2) is 59.9 Å². The minimum absolute atomic E-state index is 0.00232. The van der Waals surface area contributed by atoms with E-state index in [0.717, 1.165) is 25.7 Å². The first-order valence-electron chi connectivity index (χ1n) is 10.2. The van der Waals surface area contributed by atoms with Crippen molar-refractivity contribution in [2.75, 3.05) is 11.5 Å². The summed E-state index contributed by atoms with van der Waals surface area (Å²) >= 11 is 0. The van der Waals surface area contributed by atoms with Crippen molar-refractivity contribution in [2.45, 2.75) is 45.6 Å². The molecular formula is C24H26FNO4. The number of anilines is 1. The molecule has 2 aromatic rings. The number of aliphatic hydroxyl groups is 1. The van der Waals surface area contributed by atoms with Crippen LogP contribution in [0.1, 0.15) is 51.1 Å². The number of nitrogens with zero attached hydrogens (tertiary/aromatic N) is 1. The van der Waals surface area contributed by atoms with E-state index in [2.05, 4.69) is 6.92 Å². The van der Waals surface area contributed by atoms with Crippen LogP contribution in [0.5, 0.6) is 5.75 Å². The van der Waals surface area contributed by atoms with Gasteiger partial charge in [-0.1, -0.05) is 44.4 Å². The van der Waals surface area contributed by atoms with Gasteiger partial charge in [0.25, 0.3) is 5.91 Å². The maximum atomic E-state index is 13.4. The van der Waals surface area contributed by atoms with Gasteiger partial charge in [-0.25, -0.2) is 4.39 Å². The van der Waals surface area contributed by atoms with Gasteiger partial charge >= 0.3 is 0 Å². The summed E-state index contributed by atoms with van der Waals surface area (Å²) in [6.45, 7) is 4.02. The Morgan fingerprint density at radius 2 is 1.87 bits per heavy atom. The molecule has 0 spiro atoms. The Hall–Kier alpha value is -3.15. The van der Waals surface area contributed by atoms with Gasteiger partial charge < -0.3 is 9.84 Å². The van der Waals surface area contributed by atoms with Gasteiger partial charge in [0.15, 0.2) is 11.5 Å². The summed E-state index contributed by atoms with van der Waals surface area (Å²) in [5.41, 5.74) is 1.02. The number of hydrogen-bond acceptors (Lipinski definition) is 4. The van der Waals surface area contributed by atoms with E-state index in [1.807, 2.05) is 0 Å². The molecule has 1 aliphatic rings. The molecule has 0 saturated carbocycles. The lowest BCUT2D eigenvalue weighted by atomic mass is 9.96. The van der Waals surface area contributed by atoms with Crippen LogP contribution < -0.4 is 9.64 Å². The van der Waals surface area contributed by atoms with Crippen molar-refractivity contribution in [1.82, 2.24) is 0 Å². The average Bonchev–Trinajstić information content (AvgIpc) is 3.00. The molecule has 0 fully saturated rings. The van der Waals surface area contributed by atoms with Gasteiger partial charge in [-0.05, 0) is 43.2 Å². The number of unbranched alkanes of at least 4 members (excludes halogenated alkanes) is 3. The quantitative estimate of drug-likeness (QED) is 0.571. The Labute approximate surface area is 175 Å². The minimum atomic E-state index is -0.838. The summed E-state index contributed by atoms with van der Waals surface area (Å²) in [6.07, 6.45) is 4.33. The number of halogens is 1. The van der Waals surface area contributed by atoms with Crippen LogP contribution in [-0.4, -0.2) is 23.4 Å².